The van der Waals surface area contributed by atoms with Gasteiger partial charge in [-0.25, -0.2) is 10.0 Å². The number of amidine groups is 2. The third-order valence-electron chi connectivity index (χ3n) is 3.74. The summed E-state index contributed by atoms with van der Waals surface area (Å²) in [6, 6.07) is 0.931. The Bertz CT molecular complexity index is 282. The van der Waals surface area contributed by atoms with Crippen LogP contribution in [0, 0.1) is 0 Å². The predicted molar refractivity (Wildman–Crippen MR) is 78.6 cm³/mol. The summed E-state index contributed by atoms with van der Waals surface area (Å²) in [5, 5.41) is 13.7. The molecular formula is C14H28N4. The zero-order valence-corrected chi connectivity index (χ0v) is 12.8. The zero-order valence-electron chi connectivity index (χ0n) is 12.8. The number of rotatable bonds is 6. The van der Waals surface area contributed by atoms with E-state index in [1.807, 2.05) is 0 Å². The second-order valence-corrected chi connectivity index (χ2v) is 4.92. The molecule has 0 amide bonds. The molecule has 1 aliphatic rings. The molecule has 0 fully saturated rings. The molecule has 1 rings (SSSR count). The van der Waals surface area contributed by atoms with Gasteiger partial charge in [-0.05, 0) is 39.5 Å². The van der Waals surface area contributed by atoms with Crippen molar-refractivity contribution in [1.82, 2.24) is 10.0 Å². The zero-order chi connectivity index (χ0) is 13.7. The Morgan fingerprint density at radius 1 is 0.722 bits per heavy atom. The topological polar surface area (TPSA) is 31.2 Å². The van der Waals surface area contributed by atoms with Gasteiger partial charge in [-0.15, -0.1) is 0 Å². The molecule has 1 heterocycles. The smallest absolute Gasteiger partial charge is 0.142 e. The fourth-order valence-electron chi connectivity index (χ4n) is 2.51. The number of hydrogen-bond donors (Lipinski definition) is 0. The van der Waals surface area contributed by atoms with Crippen molar-refractivity contribution < 1.29 is 0 Å². The Labute approximate surface area is 112 Å². The monoisotopic (exact) mass is 252 g/mol. The summed E-state index contributed by atoms with van der Waals surface area (Å²) in [6.45, 7) is 12.9. The molecule has 0 aromatic heterocycles. The summed E-state index contributed by atoms with van der Waals surface area (Å²) in [7, 11) is 0. The maximum atomic E-state index is 4.75. The molecule has 18 heavy (non-hydrogen) atoms. The van der Waals surface area contributed by atoms with Crippen LogP contribution in [0.25, 0.3) is 0 Å². The quantitative estimate of drug-likeness (QED) is 0.722. The molecule has 0 N–H and O–H groups in total. The molecule has 0 unspecified atom stereocenters. The van der Waals surface area contributed by atoms with E-state index in [1.54, 1.807) is 0 Å². The maximum Gasteiger partial charge on any atom is 0.142 e. The highest BCUT2D eigenvalue weighted by molar-refractivity contribution is 5.89. The van der Waals surface area contributed by atoms with E-state index in [0.717, 1.165) is 37.4 Å². The lowest BCUT2D eigenvalue weighted by atomic mass is 10.1. The molecular weight excluding hydrogens is 224 g/mol. The van der Waals surface area contributed by atoms with E-state index in [2.05, 4.69) is 51.6 Å². The van der Waals surface area contributed by atoms with Gasteiger partial charge in [0.05, 0.1) is 12.1 Å². The molecule has 0 aromatic carbocycles. The summed E-state index contributed by atoms with van der Waals surface area (Å²) in [6.07, 6.45) is 4.41. The summed E-state index contributed by atoms with van der Waals surface area (Å²) >= 11 is 0. The molecule has 104 valence electrons. The van der Waals surface area contributed by atoms with Crippen LogP contribution in [0.15, 0.2) is 10.2 Å². The van der Waals surface area contributed by atoms with Crippen LogP contribution in [0.1, 0.15) is 67.2 Å². The standard InChI is InChI=1S/C14H28N4/c1-7-13(8-2)17-11(5)16-18(12(6)15-17)14(9-3)10-4/h13-14H,7-10H2,1-6H3. The van der Waals surface area contributed by atoms with Crippen LogP contribution in [0.5, 0.6) is 0 Å². The largest absolute Gasteiger partial charge is 0.245 e. The van der Waals surface area contributed by atoms with Crippen LogP contribution >= 0.6 is 0 Å². The lowest BCUT2D eigenvalue weighted by molar-refractivity contribution is 0.240. The number of hydrogen-bond acceptors (Lipinski definition) is 4. The van der Waals surface area contributed by atoms with E-state index in [1.165, 1.54) is 0 Å². The van der Waals surface area contributed by atoms with E-state index in [4.69, 9.17) is 10.2 Å². The fraction of sp³-hybridized carbons (Fsp3) is 0.857. The Balaban J connectivity index is 2.92. The lowest BCUT2D eigenvalue weighted by Crippen LogP contribution is -2.45. The Kier molecular flexibility index (Phi) is 5.63. The SMILES string of the molecule is CCC(CC)N1N=C(C)N(C(CC)CC)N=C1C. The van der Waals surface area contributed by atoms with Gasteiger partial charge in [0.1, 0.15) is 11.7 Å². The van der Waals surface area contributed by atoms with Crippen molar-refractivity contribution in [2.45, 2.75) is 79.3 Å². The lowest BCUT2D eigenvalue weighted by Gasteiger charge is -2.37. The van der Waals surface area contributed by atoms with Gasteiger partial charge in [-0.1, -0.05) is 27.7 Å². The molecule has 0 saturated heterocycles. The van der Waals surface area contributed by atoms with Gasteiger partial charge in [0.25, 0.3) is 0 Å². The first kappa shape index (κ1) is 15.0. The first-order valence-corrected chi connectivity index (χ1v) is 7.27. The van der Waals surface area contributed by atoms with Crippen LogP contribution < -0.4 is 0 Å². The van der Waals surface area contributed by atoms with Gasteiger partial charge in [0.15, 0.2) is 0 Å². The first-order valence-electron chi connectivity index (χ1n) is 7.27. The molecule has 0 bridgehead atoms. The minimum absolute atomic E-state index is 0.465. The van der Waals surface area contributed by atoms with E-state index in [-0.39, 0.29) is 0 Å². The van der Waals surface area contributed by atoms with E-state index < -0.39 is 0 Å². The second-order valence-electron chi connectivity index (χ2n) is 4.92. The van der Waals surface area contributed by atoms with Crippen molar-refractivity contribution in [2.24, 2.45) is 10.2 Å². The molecule has 0 aromatic rings. The van der Waals surface area contributed by atoms with Crippen molar-refractivity contribution in [3.05, 3.63) is 0 Å². The highest BCUT2D eigenvalue weighted by atomic mass is 15.6. The molecule has 1 aliphatic heterocycles. The molecule has 0 radical (unpaired) electrons. The van der Waals surface area contributed by atoms with Crippen LogP contribution in [0.2, 0.25) is 0 Å². The highest BCUT2D eigenvalue weighted by Gasteiger charge is 2.25. The molecule has 4 heteroatoms. The predicted octanol–water partition coefficient (Wildman–Crippen LogP) is 3.65. The summed E-state index contributed by atoms with van der Waals surface area (Å²) < 4.78 is 0. The maximum absolute atomic E-state index is 4.75. The number of nitrogens with zero attached hydrogens (tertiary/aromatic N) is 4. The van der Waals surface area contributed by atoms with E-state index in [0.29, 0.717) is 12.1 Å². The van der Waals surface area contributed by atoms with Crippen LogP contribution in [0.4, 0.5) is 0 Å². The molecule has 4 nitrogen and oxygen atoms in total. The third kappa shape index (κ3) is 3.03. The summed E-state index contributed by atoms with van der Waals surface area (Å²) in [5.41, 5.74) is 0. The number of hydrazone groups is 2. The Hall–Kier alpha value is -1.06. The van der Waals surface area contributed by atoms with Crippen molar-refractivity contribution in [3.63, 3.8) is 0 Å². The van der Waals surface area contributed by atoms with Gasteiger partial charge in [-0.2, -0.15) is 10.2 Å². The fourth-order valence-corrected chi connectivity index (χ4v) is 2.51. The van der Waals surface area contributed by atoms with Gasteiger partial charge >= 0.3 is 0 Å². The average Bonchev–Trinajstić information content (AvgIpc) is 2.37. The Morgan fingerprint density at radius 2 is 1.00 bits per heavy atom. The van der Waals surface area contributed by atoms with Crippen LogP contribution in [-0.4, -0.2) is 33.8 Å². The minimum atomic E-state index is 0.465. The molecule has 0 spiro atoms. The van der Waals surface area contributed by atoms with Crippen molar-refractivity contribution in [2.75, 3.05) is 0 Å². The first-order chi connectivity index (χ1) is 8.58. The van der Waals surface area contributed by atoms with Gasteiger partial charge in [0.2, 0.25) is 0 Å². The van der Waals surface area contributed by atoms with Crippen LogP contribution in [0.3, 0.4) is 0 Å². The van der Waals surface area contributed by atoms with Crippen molar-refractivity contribution in [3.8, 4) is 0 Å². The van der Waals surface area contributed by atoms with Gasteiger partial charge in [0, 0.05) is 0 Å². The minimum Gasteiger partial charge on any atom is -0.245 e. The van der Waals surface area contributed by atoms with E-state index >= 15 is 0 Å². The van der Waals surface area contributed by atoms with Crippen molar-refractivity contribution in [1.29, 1.82) is 0 Å². The summed E-state index contributed by atoms with van der Waals surface area (Å²) in [4.78, 5) is 0. The molecule has 0 saturated carbocycles. The van der Waals surface area contributed by atoms with Gasteiger partial charge < -0.3 is 0 Å². The second kappa shape index (κ2) is 6.76. The van der Waals surface area contributed by atoms with Crippen molar-refractivity contribution >= 4 is 11.7 Å². The molecule has 0 atom stereocenters. The van der Waals surface area contributed by atoms with E-state index in [9.17, 15) is 0 Å². The van der Waals surface area contributed by atoms with Crippen LogP contribution in [-0.2, 0) is 0 Å². The highest BCUT2D eigenvalue weighted by Crippen LogP contribution is 2.19. The normalized spacial score (nSPS) is 16.4. The Morgan fingerprint density at radius 3 is 1.22 bits per heavy atom. The van der Waals surface area contributed by atoms with Gasteiger partial charge in [-0.3, -0.25) is 0 Å². The summed E-state index contributed by atoms with van der Waals surface area (Å²) in [5.74, 6) is 2.03. The molecule has 0 aliphatic carbocycles. The third-order valence-corrected chi connectivity index (χ3v) is 3.74. The average molecular weight is 252 g/mol.